The summed E-state index contributed by atoms with van der Waals surface area (Å²) in [5.74, 6) is -8.48. The molecular formula is C55H90N10O18. The van der Waals surface area contributed by atoms with Crippen LogP contribution in [0.25, 0.3) is 0 Å². The Bertz CT molecular complexity index is 2330. The van der Waals surface area contributed by atoms with E-state index in [4.69, 9.17) is 10.5 Å². The average molecular weight is 1180 g/mol. The molecule has 0 aliphatic carbocycles. The molecule has 0 saturated carbocycles. The fraction of sp³-hybridized carbons (Fsp3) is 0.727. The number of nitrogens with one attached hydrogen (secondary N) is 6. The van der Waals surface area contributed by atoms with Crippen molar-refractivity contribution in [2.45, 2.75) is 203 Å². The Hall–Kier alpha value is -6.11. The molecule has 0 aromatic heterocycles. The van der Waals surface area contributed by atoms with Gasteiger partial charge < -0.3 is 97.9 Å². The normalized spacial score (nSPS) is 27.3. The summed E-state index contributed by atoms with van der Waals surface area (Å²) < 4.78 is 5.26. The van der Waals surface area contributed by atoms with E-state index in [0.717, 1.165) is 50.3 Å². The molecule has 1 aromatic rings. The monoisotopic (exact) mass is 1180 g/mol. The molecule has 3 aliphatic heterocycles. The van der Waals surface area contributed by atoms with E-state index in [9.17, 15) is 84.0 Å². The third-order valence-electron chi connectivity index (χ3n) is 15.3. The fourth-order valence-electron chi connectivity index (χ4n) is 10.4. The maximum absolute atomic E-state index is 14.6. The molecule has 4 rings (SSSR count). The van der Waals surface area contributed by atoms with Gasteiger partial charge in [0.25, 0.3) is 0 Å². The van der Waals surface area contributed by atoms with Crippen LogP contribution in [0, 0.1) is 11.8 Å². The second kappa shape index (κ2) is 33.4. The zero-order chi connectivity index (χ0) is 61.8. The largest absolute Gasteiger partial charge is 0.412 e. The van der Waals surface area contributed by atoms with Gasteiger partial charge in [0, 0.05) is 45.4 Å². The van der Waals surface area contributed by atoms with Crippen molar-refractivity contribution in [2.24, 2.45) is 17.6 Å². The lowest BCUT2D eigenvalue weighted by Crippen LogP contribution is -2.64. The lowest BCUT2D eigenvalue weighted by atomic mass is 9.91. The second-order valence-electron chi connectivity index (χ2n) is 22.7. The number of nitrogens with zero attached hydrogens (tertiary/aromatic N) is 3. The van der Waals surface area contributed by atoms with Crippen molar-refractivity contribution in [1.82, 2.24) is 46.6 Å². The van der Waals surface area contributed by atoms with Gasteiger partial charge in [0.2, 0.25) is 47.3 Å². The van der Waals surface area contributed by atoms with Gasteiger partial charge in [-0.2, -0.15) is 0 Å². The van der Waals surface area contributed by atoms with E-state index in [1.54, 1.807) is 14.1 Å². The van der Waals surface area contributed by atoms with E-state index in [1.165, 1.54) is 30.7 Å². The summed E-state index contributed by atoms with van der Waals surface area (Å²) in [6.07, 6.45) is -11.4. The van der Waals surface area contributed by atoms with Gasteiger partial charge >= 0.3 is 6.09 Å². The number of primary amides is 1. The first-order chi connectivity index (χ1) is 39.1. The Morgan fingerprint density at radius 1 is 0.747 bits per heavy atom. The molecule has 0 spiro atoms. The average Bonchev–Trinajstić information content (AvgIpc) is 4.05. The van der Waals surface area contributed by atoms with Crippen molar-refractivity contribution in [2.75, 3.05) is 40.3 Å². The number of carbonyl (C=O) groups is 9. The molecule has 28 nitrogen and oxygen atoms in total. The van der Waals surface area contributed by atoms with Crippen LogP contribution in [0.1, 0.15) is 129 Å². The third-order valence-corrected chi connectivity index (χ3v) is 15.3. The van der Waals surface area contributed by atoms with Crippen molar-refractivity contribution in [3.05, 3.63) is 29.8 Å². The summed E-state index contributed by atoms with van der Waals surface area (Å²) in [5, 5.41) is 104. The van der Waals surface area contributed by atoms with E-state index < -0.39 is 171 Å². The number of fused-ring (bicyclic) bond motifs is 2. The summed E-state index contributed by atoms with van der Waals surface area (Å²) >= 11 is 0. The molecule has 16 N–H and O–H groups in total. The molecule has 0 radical (unpaired) electrons. The number of amides is 9. The molecular weight excluding hydrogens is 1090 g/mol. The van der Waals surface area contributed by atoms with Crippen molar-refractivity contribution in [3.63, 3.8) is 0 Å². The number of nitrogens with two attached hydrogens (primary N) is 1. The predicted octanol–water partition coefficient (Wildman–Crippen LogP) is -3.40. The molecule has 1 aromatic carbocycles. The molecule has 468 valence electrons. The van der Waals surface area contributed by atoms with Crippen molar-refractivity contribution >= 4 is 53.4 Å². The Kier molecular flexibility index (Phi) is 27.9. The second-order valence-corrected chi connectivity index (χ2v) is 22.7. The molecule has 28 heteroatoms. The van der Waals surface area contributed by atoms with Crippen molar-refractivity contribution in [1.29, 1.82) is 0 Å². The minimum Gasteiger partial charge on any atom is -0.410 e. The van der Waals surface area contributed by atoms with Gasteiger partial charge in [0.1, 0.15) is 60.3 Å². The van der Waals surface area contributed by atoms with Crippen LogP contribution in [0.2, 0.25) is 0 Å². The Labute approximate surface area is 483 Å². The quantitative estimate of drug-likeness (QED) is 0.0449. The SMILES string of the molecule is CCC(C)CC(C)CCCCCCCCC(=O)N[C@H]1C[C@H](O)[C@H](O)NC(=O)[C@@H]2[C@@H](O)CCN2C(=O)[C@H]([C@H](O)CC(N)=O)NC(=O)[C@H]([C@H](O)[C@@H](O)c2ccc(OC(=O)NCCN(C)C)cc2)NC(=O)[C@@H]2C[C@@H](O)CN2C(=O)[C@H]([C@H](C)O)NC1=O. The van der Waals surface area contributed by atoms with Crippen LogP contribution in [-0.4, -0.2) is 228 Å². The first-order valence-electron chi connectivity index (χ1n) is 28.7. The van der Waals surface area contributed by atoms with Gasteiger partial charge in [0.15, 0.2) is 6.23 Å². The van der Waals surface area contributed by atoms with Crippen LogP contribution in [0.4, 0.5) is 4.79 Å². The number of hydrogen-bond acceptors (Lipinski definition) is 19. The van der Waals surface area contributed by atoms with Crippen LogP contribution in [0.15, 0.2) is 24.3 Å². The highest BCUT2D eigenvalue weighted by Gasteiger charge is 2.49. The number of aliphatic hydroxyl groups is 8. The van der Waals surface area contributed by atoms with Crippen LogP contribution in [-0.2, 0) is 38.4 Å². The molecule has 9 amide bonds. The lowest BCUT2D eigenvalue weighted by Gasteiger charge is -2.34. The number of benzene rings is 1. The lowest BCUT2D eigenvalue weighted by molar-refractivity contribution is -0.149. The van der Waals surface area contributed by atoms with Gasteiger partial charge in [-0.3, -0.25) is 38.4 Å². The van der Waals surface area contributed by atoms with Crippen LogP contribution >= 0.6 is 0 Å². The van der Waals surface area contributed by atoms with Gasteiger partial charge in [-0.05, 0) is 69.8 Å². The number of rotatable bonds is 24. The number of aliphatic hydroxyl groups excluding tert-OH is 8. The first kappa shape index (κ1) is 69.4. The molecule has 2 unspecified atom stereocenters. The Balaban J connectivity index is 1.70. The molecule has 3 aliphatic rings. The minimum atomic E-state index is -2.42. The Morgan fingerprint density at radius 3 is 1.99 bits per heavy atom. The van der Waals surface area contributed by atoms with E-state index in [1.807, 2.05) is 4.90 Å². The summed E-state index contributed by atoms with van der Waals surface area (Å²) in [6, 6.07) is -7.27. The van der Waals surface area contributed by atoms with Crippen molar-refractivity contribution in [3.8, 4) is 5.75 Å². The summed E-state index contributed by atoms with van der Waals surface area (Å²) in [4.78, 5) is 128. The van der Waals surface area contributed by atoms with Crippen LogP contribution in [0.5, 0.6) is 5.75 Å². The number of likely N-dealkylation sites (N-methyl/N-ethyl adjacent to an activating group) is 1. The van der Waals surface area contributed by atoms with Gasteiger partial charge in [-0.25, -0.2) is 4.79 Å². The van der Waals surface area contributed by atoms with Crippen LogP contribution in [0.3, 0.4) is 0 Å². The molecule has 3 saturated heterocycles. The van der Waals surface area contributed by atoms with Crippen molar-refractivity contribution < 1.29 is 88.7 Å². The zero-order valence-electron chi connectivity index (χ0n) is 48.4. The fourth-order valence-corrected chi connectivity index (χ4v) is 10.4. The highest BCUT2D eigenvalue weighted by molar-refractivity contribution is 5.98. The first-order valence-corrected chi connectivity index (χ1v) is 28.7. The number of hydrogen-bond donors (Lipinski definition) is 15. The van der Waals surface area contributed by atoms with Gasteiger partial charge in [0.05, 0.1) is 30.8 Å². The van der Waals surface area contributed by atoms with Gasteiger partial charge in [-0.1, -0.05) is 77.8 Å². The summed E-state index contributed by atoms with van der Waals surface area (Å²) in [7, 11) is 3.59. The zero-order valence-corrected chi connectivity index (χ0v) is 48.4. The minimum absolute atomic E-state index is 0.0209. The van der Waals surface area contributed by atoms with E-state index in [0.29, 0.717) is 36.1 Å². The maximum Gasteiger partial charge on any atom is 0.412 e. The number of unbranched alkanes of at least 4 members (excludes halogenated alkanes) is 5. The standard InChI is InChI=1S/C55H90N10O18/c1-7-29(2)24-30(3)14-12-10-8-9-11-13-15-41(72)58-35-26-39(70)50(77)62-52(79)45-37(68)20-22-64(45)54(81)43(38(69)27-40(56)71)60-51(78)44(47(74)46(73)32-16-18-34(19-17-32)83-55(82)57-21-23-63(5)6)61-49(76)36-25-33(67)28-65(36)53(80)42(31(4)66)59-48(35)75/h16-19,29-31,33,35-39,42-47,50,66-70,73-74,77H,7-15,20-28H2,1-6H3,(H2,56,71)(H,57,82)(H,58,72)(H,59,75)(H,60,78)(H,61,76)(H,62,79)/t29?,30?,31-,33+,35-,36-,37-,38+,39-,42-,43-,44-,45-,46-,47-,50-/m0/s1. The van der Waals surface area contributed by atoms with E-state index in [2.05, 4.69) is 52.7 Å². The highest BCUT2D eigenvalue weighted by Crippen LogP contribution is 2.27. The predicted molar refractivity (Wildman–Crippen MR) is 296 cm³/mol. The molecule has 3 heterocycles. The maximum atomic E-state index is 14.6. The van der Waals surface area contributed by atoms with Crippen LogP contribution < -0.4 is 42.4 Å². The van der Waals surface area contributed by atoms with Gasteiger partial charge in [-0.15, -0.1) is 0 Å². The number of carbonyl (C=O) groups excluding carboxylic acids is 9. The topological polar surface area (TPSA) is 433 Å². The third kappa shape index (κ3) is 21.2. The Morgan fingerprint density at radius 2 is 1.36 bits per heavy atom. The summed E-state index contributed by atoms with van der Waals surface area (Å²) in [5.41, 5.74) is 5.22. The number of ether oxygens (including phenoxy) is 1. The molecule has 83 heavy (non-hydrogen) atoms. The highest BCUT2D eigenvalue weighted by atomic mass is 16.6. The van der Waals surface area contributed by atoms with E-state index >= 15 is 0 Å². The molecule has 0 bridgehead atoms. The summed E-state index contributed by atoms with van der Waals surface area (Å²) in [6.45, 7) is 7.45. The smallest absolute Gasteiger partial charge is 0.410 e. The molecule has 3 fully saturated rings. The van der Waals surface area contributed by atoms with E-state index in [-0.39, 0.29) is 30.7 Å². The molecule has 16 atom stereocenters.